The molecule has 3 unspecified atom stereocenters. The van der Waals surface area contributed by atoms with Crippen molar-refractivity contribution < 1.29 is 14.3 Å². The number of fused-ring (bicyclic) bond motifs is 1. The quantitative estimate of drug-likeness (QED) is 0.851. The molecule has 2 fully saturated rings. The third kappa shape index (κ3) is 3.85. The molecule has 1 amide bonds. The predicted octanol–water partition coefficient (Wildman–Crippen LogP) is 1.89. The largest absolute Gasteiger partial charge is 0.484 e. The third-order valence-corrected chi connectivity index (χ3v) is 4.87. The first kappa shape index (κ1) is 17.8. The van der Waals surface area contributed by atoms with Crippen molar-refractivity contribution in [2.75, 3.05) is 19.7 Å². The molecule has 1 aromatic carbocycles. The molecule has 5 nitrogen and oxygen atoms in total. The second-order valence-corrected chi connectivity index (χ2v) is 6.34. The number of carbonyl (C=O) groups excluding carboxylic acids is 2. The van der Waals surface area contributed by atoms with Gasteiger partial charge in [-0.15, -0.1) is 12.4 Å². The highest BCUT2D eigenvalue weighted by Gasteiger charge is 2.42. The monoisotopic (exact) mass is 338 g/mol. The van der Waals surface area contributed by atoms with Crippen molar-refractivity contribution >= 4 is 24.1 Å². The molecule has 0 spiro atoms. The Hall–Kier alpha value is -1.59. The summed E-state index contributed by atoms with van der Waals surface area (Å²) in [5.74, 6) is 1.54. The number of Topliss-reactive ketones (excluding diaryl/α,β-unsaturated/α-hetero) is 1. The lowest BCUT2D eigenvalue weighted by molar-refractivity contribution is -0.132. The van der Waals surface area contributed by atoms with E-state index in [1.54, 1.807) is 24.3 Å². The first-order valence-electron chi connectivity index (χ1n) is 7.82. The number of hydrogen-bond donors (Lipinski definition) is 1. The first-order valence-corrected chi connectivity index (χ1v) is 7.82. The fourth-order valence-corrected chi connectivity index (χ4v) is 3.55. The van der Waals surface area contributed by atoms with Crippen LogP contribution in [0.1, 0.15) is 30.1 Å². The summed E-state index contributed by atoms with van der Waals surface area (Å²) in [6, 6.07) is 7.16. The molecule has 0 bridgehead atoms. The van der Waals surface area contributed by atoms with Crippen molar-refractivity contribution in [3.63, 3.8) is 0 Å². The van der Waals surface area contributed by atoms with E-state index in [1.165, 1.54) is 6.92 Å². The smallest absolute Gasteiger partial charge is 0.260 e. The van der Waals surface area contributed by atoms with E-state index >= 15 is 0 Å². The van der Waals surface area contributed by atoms with E-state index in [9.17, 15) is 9.59 Å². The highest BCUT2D eigenvalue weighted by molar-refractivity contribution is 5.94. The van der Waals surface area contributed by atoms with Gasteiger partial charge in [-0.25, -0.2) is 0 Å². The summed E-state index contributed by atoms with van der Waals surface area (Å²) in [5.41, 5.74) is 6.68. The number of hydrogen-bond acceptors (Lipinski definition) is 4. The minimum atomic E-state index is -0.0156. The Kier molecular flexibility index (Phi) is 5.65. The van der Waals surface area contributed by atoms with Crippen molar-refractivity contribution in [1.82, 2.24) is 4.90 Å². The van der Waals surface area contributed by atoms with Gasteiger partial charge in [0.15, 0.2) is 12.4 Å². The van der Waals surface area contributed by atoms with Crippen molar-refractivity contribution in [1.29, 1.82) is 0 Å². The molecule has 1 saturated heterocycles. The van der Waals surface area contributed by atoms with Crippen LogP contribution < -0.4 is 10.5 Å². The number of nitrogens with zero attached hydrogens (tertiary/aromatic N) is 1. The lowest BCUT2D eigenvalue weighted by atomic mass is 9.98. The Morgan fingerprint density at radius 2 is 2.09 bits per heavy atom. The fraction of sp³-hybridized carbons (Fsp3) is 0.529. The van der Waals surface area contributed by atoms with Gasteiger partial charge in [0.2, 0.25) is 0 Å². The average molecular weight is 339 g/mol. The van der Waals surface area contributed by atoms with Gasteiger partial charge < -0.3 is 15.4 Å². The summed E-state index contributed by atoms with van der Waals surface area (Å²) in [7, 11) is 0. The summed E-state index contributed by atoms with van der Waals surface area (Å²) in [6.45, 7) is 3.07. The van der Waals surface area contributed by atoms with E-state index in [4.69, 9.17) is 10.5 Å². The van der Waals surface area contributed by atoms with Crippen molar-refractivity contribution in [3.05, 3.63) is 29.8 Å². The van der Waals surface area contributed by atoms with Gasteiger partial charge in [0.1, 0.15) is 5.75 Å². The Bertz CT molecular complexity index is 593. The van der Waals surface area contributed by atoms with Crippen LogP contribution in [0.25, 0.3) is 0 Å². The zero-order valence-corrected chi connectivity index (χ0v) is 14.1. The van der Waals surface area contributed by atoms with E-state index in [0.717, 1.165) is 25.9 Å². The maximum absolute atomic E-state index is 12.3. The normalized spacial score (nSPS) is 25.7. The molecule has 3 rings (SSSR count). The van der Waals surface area contributed by atoms with Crippen LogP contribution >= 0.6 is 12.4 Å². The van der Waals surface area contributed by atoms with Gasteiger partial charge in [0.25, 0.3) is 5.91 Å². The lowest BCUT2D eigenvalue weighted by Crippen LogP contribution is -2.36. The van der Waals surface area contributed by atoms with Crippen LogP contribution in [0.2, 0.25) is 0 Å². The van der Waals surface area contributed by atoms with E-state index in [1.807, 2.05) is 4.90 Å². The van der Waals surface area contributed by atoms with Gasteiger partial charge in [-0.1, -0.05) is 12.1 Å². The number of halogens is 1. The predicted molar refractivity (Wildman–Crippen MR) is 90.0 cm³/mol. The second kappa shape index (κ2) is 7.32. The number of likely N-dealkylation sites (tertiary alicyclic amines) is 1. The molecule has 1 saturated carbocycles. The third-order valence-electron chi connectivity index (χ3n) is 4.87. The highest BCUT2D eigenvalue weighted by atomic mass is 35.5. The van der Waals surface area contributed by atoms with Crippen LogP contribution in [0.15, 0.2) is 24.3 Å². The first-order chi connectivity index (χ1) is 10.5. The second-order valence-electron chi connectivity index (χ2n) is 6.34. The van der Waals surface area contributed by atoms with Crippen molar-refractivity contribution in [2.45, 2.75) is 25.8 Å². The molecular formula is C17H23ClN2O3. The molecule has 1 aliphatic heterocycles. The molecule has 2 N–H and O–H groups in total. The van der Waals surface area contributed by atoms with E-state index in [0.29, 0.717) is 23.1 Å². The standard InChI is InChI=1S/C17H22N2O3.ClH/c1-11(20)12-3-2-4-14(7-12)22-10-17(21)19-8-13-5-6-16(18)15(13)9-19;/h2-4,7,13,15-16H,5-6,8-10,18H2,1H3;1H. The van der Waals surface area contributed by atoms with Gasteiger partial charge in [0, 0.05) is 24.7 Å². The fourth-order valence-electron chi connectivity index (χ4n) is 3.55. The molecular weight excluding hydrogens is 316 g/mol. The average Bonchev–Trinajstić information content (AvgIpc) is 3.08. The highest BCUT2D eigenvalue weighted by Crippen LogP contribution is 2.37. The van der Waals surface area contributed by atoms with E-state index in [2.05, 4.69) is 0 Å². The van der Waals surface area contributed by atoms with Crippen LogP contribution in [-0.4, -0.2) is 42.3 Å². The number of carbonyl (C=O) groups is 2. The maximum Gasteiger partial charge on any atom is 0.260 e. The summed E-state index contributed by atoms with van der Waals surface area (Å²) < 4.78 is 5.55. The van der Waals surface area contributed by atoms with E-state index < -0.39 is 0 Å². The summed E-state index contributed by atoms with van der Waals surface area (Å²) in [5, 5.41) is 0. The van der Waals surface area contributed by atoms with Crippen LogP contribution in [0, 0.1) is 11.8 Å². The molecule has 1 aromatic rings. The topological polar surface area (TPSA) is 72.6 Å². The SMILES string of the molecule is CC(=O)c1cccc(OCC(=O)N2CC3CCC(N)C3C2)c1.Cl. The summed E-state index contributed by atoms with van der Waals surface area (Å²) >= 11 is 0. The van der Waals surface area contributed by atoms with E-state index in [-0.39, 0.29) is 36.7 Å². The summed E-state index contributed by atoms with van der Waals surface area (Å²) in [6.07, 6.45) is 2.20. The molecule has 3 atom stereocenters. The number of rotatable bonds is 4. The summed E-state index contributed by atoms with van der Waals surface area (Å²) in [4.78, 5) is 25.5. The van der Waals surface area contributed by atoms with Gasteiger partial charge in [-0.3, -0.25) is 9.59 Å². The molecule has 0 aromatic heterocycles. The Morgan fingerprint density at radius 1 is 1.30 bits per heavy atom. The molecule has 126 valence electrons. The zero-order valence-electron chi connectivity index (χ0n) is 13.2. The molecule has 1 aliphatic carbocycles. The Balaban J connectivity index is 0.00000192. The molecule has 2 aliphatic rings. The van der Waals surface area contributed by atoms with Crippen molar-refractivity contribution in [2.24, 2.45) is 17.6 Å². The van der Waals surface area contributed by atoms with Gasteiger partial charge in [-0.2, -0.15) is 0 Å². The van der Waals surface area contributed by atoms with Crippen LogP contribution in [-0.2, 0) is 4.79 Å². The maximum atomic E-state index is 12.3. The van der Waals surface area contributed by atoms with Crippen LogP contribution in [0.3, 0.4) is 0 Å². The number of ether oxygens (including phenoxy) is 1. The Labute approximate surface area is 142 Å². The molecule has 0 radical (unpaired) electrons. The van der Waals surface area contributed by atoms with Gasteiger partial charge in [-0.05, 0) is 43.7 Å². The Morgan fingerprint density at radius 3 is 2.78 bits per heavy atom. The number of benzene rings is 1. The van der Waals surface area contributed by atoms with Crippen molar-refractivity contribution in [3.8, 4) is 5.75 Å². The number of ketones is 1. The number of nitrogens with two attached hydrogens (primary N) is 1. The minimum absolute atomic E-state index is 0. The molecule has 23 heavy (non-hydrogen) atoms. The molecule has 1 heterocycles. The van der Waals surface area contributed by atoms with Crippen LogP contribution in [0.4, 0.5) is 0 Å². The van der Waals surface area contributed by atoms with Crippen LogP contribution in [0.5, 0.6) is 5.75 Å². The van der Waals surface area contributed by atoms with Gasteiger partial charge >= 0.3 is 0 Å². The number of amides is 1. The lowest BCUT2D eigenvalue weighted by Gasteiger charge is -2.19. The van der Waals surface area contributed by atoms with Gasteiger partial charge in [0.05, 0.1) is 0 Å². The molecule has 6 heteroatoms. The zero-order chi connectivity index (χ0) is 15.7. The minimum Gasteiger partial charge on any atom is -0.484 e.